The van der Waals surface area contributed by atoms with Gasteiger partial charge in [-0.1, -0.05) is 12.5 Å². The minimum Gasteiger partial charge on any atom is -0.493 e. The molecule has 3 unspecified atom stereocenters. The van der Waals surface area contributed by atoms with E-state index in [-0.39, 0.29) is 0 Å². The van der Waals surface area contributed by atoms with Gasteiger partial charge in [-0.3, -0.25) is 0 Å². The van der Waals surface area contributed by atoms with E-state index in [4.69, 9.17) is 10.5 Å². The van der Waals surface area contributed by atoms with Crippen LogP contribution in [0.5, 0.6) is 5.75 Å². The van der Waals surface area contributed by atoms with Crippen LogP contribution in [0.15, 0.2) is 12.1 Å². The van der Waals surface area contributed by atoms with E-state index in [1.165, 1.54) is 31.2 Å². The van der Waals surface area contributed by atoms with E-state index in [2.05, 4.69) is 19.9 Å². The summed E-state index contributed by atoms with van der Waals surface area (Å²) in [5.74, 6) is 3.71. The standard InChI is InChI=1S/C16H23NO/c1-10-3-6-15(17)11(2)16(10)18-9-14-8-12-4-5-13(14)7-12/h3,6,12-14H,4-5,7-9,17H2,1-2H3. The number of fused-ring (bicyclic) bond motifs is 2. The van der Waals surface area contributed by atoms with E-state index < -0.39 is 0 Å². The molecule has 2 aliphatic carbocycles. The Balaban J connectivity index is 1.68. The summed E-state index contributed by atoms with van der Waals surface area (Å²) in [6.07, 6.45) is 5.71. The lowest BCUT2D eigenvalue weighted by molar-refractivity contribution is 0.193. The molecule has 2 heteroatoms. The Kier molecular flexibility index (Phi) is 2.96. The summed E-state index contributed by atoms with van der Waals surface area (Å²) >= 11 is 0. The normalized spacial score (nSPS) is 29.8. The molecule has 2 N–H and O–H groups in total. The minimum absolute atomic E-state index is 0.781. The van der Waals surface area contributed by atoms with Gasteiger partial charge in [-0.25, -0.2) is 0 Å². The SMILES string of the molecule is Cc1ccc(N)c(C)c1OCC1CC2CCC1C2. The number of benzene rings is 1. The van der Waals surface area contributed by atoms with Gasteiger partial charge >= 0.3 is 0 Å². The summed E-state index contributed by atoms with van der Waals surface area (Å²) in [7, 11) is 0. The molecule has 2 fully saturated rings. The zero-order chi connectivity index (χ0) is 12.7. The van der Waals surface area contributed by atoms with Crippen LogP contribution >= 0.6 is 0 Å². The summed E-state index contributed by atoms with van der Waals surface area (Å²) in [6.45, 7) is 5.04. The smallest absolute Gasteiger partial charge is 0.127 e. The molecule has 1 aromatic rings. The highest BCUT2D eigenvalue weighted by Crippen LogP contribution is 2.48. The topological polar surface area (TPSA) is 35.2 Å². The van der Waals surface area contributed by atoms with Gasteiger partial charge in [-0.2, -0.15) is 0 Å². The summed E-state index contributed by atoms with van der Waals surface area (Å²) in [4.78, 5) is 0. The summed E-state index contributed by atoms with van der Waals surface area (Å²) < 4.78 is 6.10. The lowest BCUT2D eigenvalue weighted by Gasteiger charge is -2.23. The predicted octanol–water partition coefficient (Wildman–Crippen LogP) is 3.70. The van der Waals surface area contributed by atoms with Crippen LogP contribution in [0.1, 0.15) is 36.8 Å². The zero-order valence-electron chi connectivity index (χ0n) is 11.4. The molecular weight excluding hydrogens is 222 g/mol. The number of nitrogens with two attached hydrogens (primary N) is 1. The van der Waals surface area contributed by atoms with Gasteiger partial charge in [-0.05, 0) is 62.5 Å². The number of ether oxygens (including phenoxy) is 1. The van der Waals surface area contributed by atoms with Gasteiger partial charge in [0.2, 0.25) is 0 Å². The largest absolute Gasteiger partial charge is 0.493 e. The Labute approximate surface area is 110 Å². The monoisotopic (exact) mass is 245 g/mol. The Bertz CT molecular complexity index is 455. The fourth-order valence-corrected chi connectivity index (χ4v) is 3.84. The quantitative estimate of drug-likeness (QED) is 0.824. The van der Waals surface area contributed by atoms with Crippen molar-refractivity contribution in [3.8, 4) is 5.75 Å². The van der Waals surface area contributed by atoms with Crippen LogP contribution in [-0.4, -0.2) is 6.61 Å². The van der Waals surface area contributed by atoms with Crippen molar-refractivity contribution in [3.05, 3.63) is 23.3 Å². The Hall–Kier alpha value is -1.18. The molecule has 0 radical (unpaired) electrons. The molecule has 2 nitrogen and oxygen atoms in total. The van der Waals surface area contributed by atoms with Gasteiger partial charge in [0.1, 0.15) is 5.75 Å². The number of hydrogen-bond donors (Lipinski definition) is 1. The molecule has 0 spiro atoms. The van der Waals surface area contributed by atoms with Crippen LogP contribution in [0.4, 0.5) is 5.69 Å². The highest BCUT2D eigenvalue weighted by molar-refractivity contribution is 5.56. The fourth-order valence-electron chi connectivity index (χ4n) is 3.84. The second kappa shape index (κ2) is 4.49. The van der Waals surface area contributed by atoms with Crippen molar-refractivity contribution in [3.63, 3.8) is 0 Å². The van der Waals surface area contributed by atoms with Crippen LogP contribution in [0.3, 0.4) is 0 Å². The van der Waals surface area contributed by atoms with Crippen molar-refractivity contribution in [1.82, 2.24) is 0 Å². The number of anilines is 1. The maximum absolute atomic E-state index is 6.10. The van der Waals surface area contributed by atoms with E-state index >= 15 is 0 Å². The molecule has 1 aromatic carbocycles. The van der Waals surface area contributed by atoms with Crippen molar-refractivity contribution in [1.29, 1.82) is 0 Å². The van der Waals surface area contributed by atoms with Gasteiger partial charge in [0.05, 0.1) is 6.61 Å². The lowest BCUT2D eigenvalue weighted by Crippen LogP contribution is -2.19. The number of hydrogen-bond acceptors (Lipinski definition) is 2. The Morgan fingerprint density at radius 2 is 2.06 bits per heavy atom. The van der Waals surface area contributed by atoms with Crippen LogP contribution in [-0.2, 0) is 0 Å². The first-order chi connectivity index (χ1) is 8.65. The summed E-state index contributed by atoms with van der Waals surface area (Å²) in [5, 5.41) is 0. The third-order valence-corrected chi connectivity index (χ3v) is 4.97. The molecule has 2 bridgehead atoms. The average Bonchev–Trinajstić information content (AvgIpc) is 2.96. The molecule has 0 heterocycles. The van der Waals surface area contributed by atoms with Crippen molar-refractivity contribution in [2.24, 2.45) is 17.8 Å². The van der Waals surface area contributed by atoms with Crippen LogP contribution in [0, 0.1) is 31.6 Å². The van der Waals surface area contributed by atoms with Crippen molar-refractivity contribution >= 4 is 5.69 Å². The Morgan fingerprint density at radius 3 is 2.72 bits per heavy atom. The predicted molar refractivity (Wildman–Crippen MR) is 74.8 cm³/mol. The van der Waals surface area contributed by atoms with Gasteiger partial charge in [-0.15, -0.1) is 0 Å². The number of nitrogen functional groups attached to an aromatic ring is 1. The molecule has 2 aliphatic rings. The Morgan fingerprint density at radius 1 is 1.22 bits per heavy atom. The lowest BCUT2D eigenvalue weighted by atomic mass is 9.89. The molecule has 0 amide bonds. The molecule has 2 saturated carbocycles. The van der Waals surface area contributed by atoms with E-state index in [9.17, 15) is 0 Å². The maximum atomic E-state index is 6.10. The third-order valence-electron chi connectivity index (χ3n) is 4.97. The second-order valence-electron chi connectivity index (χ2n) is 6.17. The van der Waals surface area contributed by atoms with Gasteiger partial charge < -0.3 is 10.5 Å². The van der Waals surface area contributed by atoms with Crippen molar-refractivity contribution in [2.45, 2.75) is 39.5 Å². The van der Waals surface area contributed by atoms with Crippen LogP contribution in [0.25, 0.3) is 0 Å². The maximum Gasteiger partial charge on any atom is 0.127 e. The minimum atomic E-state index is 0.781. The molecular formula is C16H23NO. The van der Waals surface area contributed by atoms with E-state index in [0.29, 0.717) is 0 Å². The first kappa shape index (κ1) is 11.9. The molecule has 3 atom stereocenters. The molecule has 3 rings (SSSR count). The third kappa shape index (κ3) is 1.98. The first-order valence-electron chi connectivity index (χ1n) is 7.13. The second-order valence-corrected chi connectivity index (χ2v) is 6.17. The van der Waals surface area contributed by atoms with Gasteiger partial charge in [0, 0.05) is 11.3 Å². The first-order valence-corrected chi connectivity index (χ1v) is 7.13. The average molecular weight is 245 g/mol. The van der Waals surface area contributed by atoms with Crippen LogP contribution in [0.2, 0.25) is 0 Å². The number of aryl methyl sites for hydroxylation is 1. The highest BCUT2D eigenvalue weighted by Gasteiger charge is 2.39. The molecule has 0 aliphatic heterocycles. The van der Waals surface area contributed by atoms with Crippen molar-refractivity contribution < 1.29 is 4.74 Å². The fraction of sp³-hybridized carbons (Fsp3) is 0.625. The van der Waals surface area contributed by atoms with Gasteiger partial charge in [0.25, 0.3) is 0 Å². The molecule has 0 saturated heterocycles. The van der Waals surface area contributed by atoms with Gasteiger partial charge in [0.15, 0.2) is 0 Å². The van der Waals surface area contributed by atoms with E-state index in [1.807, 2.05) is 6.07 Å². The molecule has 18 heavy (non-hydrogen) atoms. The highest BCUT2D eigenvalue weighted by atomic mass is 16.5. The summed E-state index contributed by atoms with van der Waals surface area (Å²) in [6, 6.07) is 4.02. The van der Waals surface area contributed by atoms with Crippen molar-refractivity contribution in [2.75, 3.05) is 12.3 Å². The molecule has 98 valence electrons. The zero-order valence-corrected chi connectivity index (χ0v) is 11.4. The molecule has 0 aromatic heterocycles. The summed E-state index contributed by atoms with van der Waals surface area (Å²) in [5.41, 5.74) is 9.08. The number of rotatable bonds is 3. The van der Waals surface area contributed by atoms with E-state index in [1.54, 1.807) is 0 Å². The van der Waals surface area contributed by atoms with Crippen LogP contribution < -0.4 is 10.5 Å². The van der Waals surface area contributed by atoms with E-state index in [0.717, 1.165) is 41.4 Å².